The third kappa shape index (κ3) is 5.49. The average molecular weight is 398 g/mol. The number of amides is 1. The van der Waals surface area contributed by atoms with Gasteiger partial charge in [-0.15, -0.1) is 5.10 Å². The zero-order chi connectivity index (χ0) is 20.6. The Hall–Kier alpha value is -3.04. The van der Waals surface area contributed by atoms with E-state index in [0.29, 0.717) is 26.3 Å². The largest absolute Gasteiger partial charge is 0.351 e. The molecule has 9 nitrogen and oxygen atoms in total. The van der Waals surface area contributed by atoms with Crippen molar-refractivity contribution < 1.29 is 14.3 Å². The molecule has 1 amide bonds. The molecule has 0 radical (unpaired) electrons. The van der Waals surface area contributed by atoms with Crippen LogP contribution in [0.3, 0.4) is 0 Å². The molecule has 0 N–H and O–H groups in total. The molecule has 0 unspecified atom stereocenters. The first-order valence-corrected chi connectivity index (χ1v) is 9.58. The molecule has 0 aliphatic carbocycles. The third-order valence-electron chi connectivity index (χ3n) is 4.22. The van der Waals surface area contributed by atoms with E-state index < -0.39 is 6.29 Å². The Morgan fingerprint density at radius 3 is 2.55 bits per heavy atom. The molecule has 0 aliphatic heterocycles. The van der Waals surface area contributed by atoms with Crippen molar-refractivity contribution in [2.75, 3.05) is 20.3 Å². The highest BCUT2D eigenvalue weighted by atomic mass is 16.7. The molecule has 2 heterocycles. The molecule has 0 fully saturated rings. The lowest BCUT2D eigenvalue weighted by Gasteiger charge is -2.16. The van der Waals surface area contributed by atoms with Gasteiger partial charge < -0.3 is 14.4 Å². The van der Waals surface area contributed by atoms with E-state index in [1.54, 1.807) is 33.7 Å². The summed E-state index contributed by atoms with van der Waals surface area (Å²) in [7, 11) is 1.73. The van der Waals surface area contributed by atoms with Crippen LogP contribution in [0.1, 0.15) is 29.9 Å². The van der Waals surface area contributed by atoms with Crippen molar-refractivity contribution in [3.8, 4) is 5.69 Å². The molecule has 0 bridgehead atoms. The Bertz CT molecular complexity index is 902. The lowest BCUT2D eigenvalue weighted by Crippen LogP contribution is -2.26. The highest BCUT2D eigenvalue weighted by Gasteiger charge is 2.18. The molecular weight excluding hydrogens is 372 g/mol. The van der Waals surface area contributed by atoms with E-state index in [-0.39, 0.29) is 11.6 Å². The van der Waals surface area contributed by atoms with Crippen molar-refractivity contribution in [3.63, 3.8) is 0 Å². The molecule has 3 rings (SSSR count). The fourth-order valence-electron chi connectivity index (χ4n) is 2.87. The molecule has 0 spiro atoms. The molecule has 3 aromatic rings. The summed E-state index contributed by atoms with van der Waals surface area (Å²) in [6, 6.07) is 9.82. The number of hydrogen-bond acceptors (Lipinski definition) is 6. The van der Waals surface area contributed by atoms with Gasteiger partial charge in [-0.05, 0) is 26.0 Å². The maximum absolute atomic E-state index is 12.7. The first kappa shape index (κ1) is 20.7. The van der Waals surface area contributed by atoms with Crippen molar-refractivity contribution in [3.05, 3.63) is 60.2 Å². The number of ether oxygens (including phenoxy) is 2. The van der Waals surface area contributed by atoms with Crippen molar-refractivity contribution in [2.45, 2.75) is 33.2 Å². The summed E-state index contributed by atoms with van der Waals surface area (Å²) in [6.07, 6.45) is 4.85. The minimum Gasteiger partial charge on any atom is -0.351 e. The SMILES string of the molecule is CCOC(Cn1cc(C(=O)N(C)Cc2cnn(-c3ccccc3)c2)nn1)OCC. The first-order valence-electron chi connectivity index (χ1n) is 9.58. The van der Waals surface area contributed by atoms with Crippen LogP contribution in [0.5, 0.6) is 0 Å². The molecule has 154 valence electrons. The van der Waals surface area contributed by atoms with Gasteiger partial charge >= 0.3 is 0 Å². The van der Waals surface area contributed by atoms with Crippen LogP contribution in [0.4, 0.5) is 0 Å². The number of para-hydroxylation sites is 1. The summed E-state index contributed by atoms with van der Waals surface area (Å²) in [5, 5.41) is 12.4. The summed E-state index contributed by atoms with van der Waals surface area (Å²) in [5.41, 5.74) is 2.16. The van der Waals surface area contributed by atoms with Crippen LogP contribution in [0.15, 0.2) is 48.9 Å². The molecule has 0 atom stereocenters. The lowest BCUT2D eigenvalue weighted by molar-refractivity contribution is -0.145. The number of carbonyl (C=O) groups is 1. The maximum atomic E-state index is 12.7. The summed E-state index contributed by atoms with van der Waals surface area (Å²) >= 11 is 0. The quantitative estimate of drug-likeness (QED) is 0.486. The first-order chi connectivity index (χ1) is 14.1. The van der Waals surface area contributed by atoms with Gasteiger partial charge in [0.25, 0.3) is 5.91 Å². The third-order valence-corrected chi connectivity index (χ3v) is 4.22. The molecule has 29 heavy (non-hydrogen) atoms. The van der Waals surface area contributed by atoms with Gasteiger partial charge in [0, 0.05) is 38.6 Å². The van der Waals surface area contributed by atoms with E-state index in [9.17, 15) is 4.79 Å². The second-order valence-corrected chi connectivity index (χ2v) is 6.46. The Kier molecular flexibility index (Phi) is 7.09. The van der Waals surface area contributed by atoms with Gasteiger partial charge in [0.2, 0.25) is 0 Å². The van der Waals surface area contributed by atoms with Gasteiger partial charge in [0.05, 0.1) is 24.6 Å². The highest BCUT2D eigenvalue weighted by Crippen LogP contribution is 2.11. The van der Waals surface area contributed by atoms with E-state index in [1.807, 2.05) is 50.4 Å². The Labute approximate surface area is 169 Å². The molecule has 0 saturated heterocycles. The number of carbonyl (C=O) groups excluding carboxylic acids is 1. The second-order valence-electron chi connectivity index (χ2n) is 6.46. The van der Waals surface area contributed by atoms with Crippen LogP contribution in [-0.4, -0.2) is 62.1 Å². The highest BCUT2D eigenvalue weighted by molar-refractivity contribution is 5.91. The number of nitrogens with zero attached hydrogens (tertiary/aromatic N) is 6. The minimum absolute atomic E-state index is 0.215. The molecule has 1 aromatic carbocycles. The van der Waals surface area contributed by atoms with Crippen molar-refractivity contribution in [2.24, 2.45) is 0 Å². The number of aromatic nitrogens is 5. The van der Waals surface area contributed by atoms with E-state index in [4.69, 9.17) is 9.47 Å². The zero-order valence-electron chi connectivity index (χ0n) is 16.9. The van der Waals surface area contributed by atoms with E-state index >= 15 is 0 Å². The van der Waals surface area contributed by atoms with Gasteiger partial charge in [-0.1, -0.05) is 23.4 Å². The van der Waals surface area contributed by atoms with Crippen molar-refractivity contribution in [1.29, 1.82) is 0 Å². The molecule has 9 heteroatoms. The van der Waals surface area contributed by atoms with Crippen LogP contribution >= 0.6 is 0 Å². The van der Waals surface area contributed by atoms with Crippen LogP contribution in [0.25, 0.3) is 5.69 Å². The van der Waals surface area contributed by atoms with Crippen molar-refractivity contribution in [1.82, 2.24) is 29.7 Å². The number of hydrogen-bond donors (Lipinski definition) is 0. The fourth-order valence-corrected chi connectivity index (χ4v) is 2.87. The lowest BCUT2D eigenvalue weighted by atomic mass is 10.3. The maximum Gasteiger partial charge on any atom is 0.276 e. The Morgan fingerprint density at radius 2 is 1.86 bits per heavy atom. The summed E-state index contributed by atoms with van der Waals surface area (Å²) in [4.78, 5) is 14.3. The van der Waals surface area contributed by atoms with Gasteiger partial charge in [-0.25, -0.2) is 9.36 Å². The molecule has 0 aliphatic rings. The monoisotopic (exact) mass is 398 g/mol. The van der Waals surface area contributed by atoms with E-state index in [0.717, 1.165) is 11.3 Å². The normalized spacial score (nSPS) is 11.2. The van der Waals surface area contributed by atoms with Crippen molar-refractivity contribution >= 4 is 5.91 Å². The molecule has 2 aromatic heterocycles. The Balaban J connectivity index is 1.61. The number of rotatable bonds is 10. The average Bonchev–Trinajstić information content (AvgIpc) is 3.38. The van der Waals surface area contributed by atoms with Gasteiger partial charge in [0.15, 0.2) is 12.0 Å². The van der Waals surface area contributed by atoms with Crippen LogP contribution in [-0.2, 0) is 22.6 Å². The molecule has 0 saturated carbocycles. The number of benzene rings is 1. The predicted molar refractivity (Wildman–Crippen MR) is 106 cm³/mol. The van der Waals surface area contributed by atoms with Crippen LogP contribution in [0.2, 0.25) is 0 Å². The van der Waals surface area contributed by atoms with Gasteiger partial charge in [-0.2, -0.15) is 5.10 Å². The van der Waals surface area contributed by atoms with Crippen LogP contribution < -0.4 is 0 Å². The summed E-state index contributed by atoms with van der Waals surface area (Å²) in [6.45, 7) is 5.65. The Morgan fingerprint density at radius 1 is 1.14 bits per heavy atom. The second kappa shape index (κ2) is 9.94. The van der Waals surface area contributed by atoms with Gasteiger partial charge in [-0.3, -0.25) is 4.79 Å². The zero-order valence-corrected chi connectivity index (χ0v) is 16.9. The topological polar surface area (TPSA) is 87.3 Å². The smallest absolute Gasteiger partial charge is 0.276 e. The minimum atomic E-state index is -0.420. The van der Waals surface area contributed by atoms with Crippen LogP contribution in [0, 0.1) is 0 Å². The predicted octanol–water partition coefficient (Wildman–Crippen LogP) is 2.14. The summed E-state index contributed by atoms with van der Waals surface area (Å²) < 4.78 is 14.4. The summed E-state index contributed by atoms with van der Waals surface area (Å²) in [5.74, 6) is -0.215. The molecular formula is C20H26N6O3. The van der Waals surface area contributed by atoms with E-state index in [2.05, 4.69) is 15.4 Å². The van der Waals surface area contributed by atoms with Gasteiger partial charge in [0.1, 0.15) is 0 Å². The van der Waals surface area contributed by atoms with E-state index in [1.165, 1.54) is 0 Å². The standard InChI is InChI=1S/C20H26N6O3/c1-4-28-19(29-5-2)15-25-14-18(22-23-25)20(27)24(3)12-16-11-21-26(13-16)17-9-7-6-8-10-17/h6-11,13-14,19H,4-5,12,15H2,1-3H3. The fraction of sp³-hybridized carbons (Fsp3) is 0.400.